The molecule has 1 radical (unpaired) electrons. The van der Waals surface area contributed by atoms with Crippen molar-refractivity contribution in [1.29, 1.82) is 0 Å². The van der Waals surface area contributed by atoms with E-state index in [2.05, 4.69) is 84.0 Å². The summed E-state index contributed by atoms with van der Waals surface area (Å²) in [6, 6.07) is 20.6. The molecule has 0 saturated carbocycles. The van der Waals surface area contributed by atoms with Crippen LogP contribution in [0.15, 0.2) is 48.5 Å². The Labute approximate surface area is 173 Å². The van der Waals surface area contributed by atoms with Crippen molar-refractivity contribution in [1.82, 2.24) is 0 Å². The van der Waals surface area contributed by atoms with Gasteiger partial charge in [-0.3, -0.25) is 0 Å². The Bertz CT molecular complexity index is 667. The Kier molecular flexibility index (Phi) is 9.97. The van der Waals surface area contributed by atoms with Crippen molar-refractivity contribution < 1.29 is 30.3 Å². The molecule has 0 spiro atoms. The average Bonchev–Trinajstić information content (AvgIpc) is 2.45. The molecule has 2 aromatic rings. The molecule has 0 fully saturated rings. The topological polar surface area (TPSA) is 40.1 Å². The first-order chi connectivity index (χ1) is 11.4. The molecule has 0 heterocycles. The summed E-state index contributed by atoms with van der Waals surface area (Å²) in [5, 5.41) is 10.9. The molecule has 0 saturated heterocycles. The molecule has 0 amide bonds. The number of carboxylic acid groups (broad SMARTS) is 1. The van der Waals surface area contributed by atoms with Gasteiger partial charge >= 0.3 is 0 Å². The Morgan fingerprint density at radius 1 is 0.923 bits per heavy atom. The van der Waals surface area contributed by atoms with E-state index in [9.17, 15) is 0 Å². The molecule has 0 unspecified atom stereocenters. The van der Waals surface area contributed by atoms with E-state index in [1.165, 1.54) is 16.4 Å². The van der Waals surface area contributed by atoms with Gasteiger partial charge in [0.25, 0.3) is 0 Å². The van der Waals surface area contributed by atoms with Gasteiger partial charge in [-0.05, 0) is 39.7 Å². The molecule has 0 aliphatic carbocycles. The van der Waals surface area contributed by atoms with Crippen LogP contribution in [0.25, 0.3) is 11.1 Å². The summed E-state index contributed by atoms with van der Waals surface area (Å²) >= 11 is 0. The number of aliphatic carboxylic acids is 1. The van der Waals surface area contributed by atoms with Crippen LogP contribution in [-0.4, -0.2) is 16.3 Å². The molecule has 26 heavy (non-hydrogen) atoms. The molecule has 0 aliphatic rings. The smallest absolute Gasteiger partial charge is 0.0383 e. The van der Waals surface area contributed by atoms with E-state index >= 15 is 0 Å². The largest absolute Gasteiger partial charge is 0.550 e. The second-order valence-corrected chi connectivity index (χ2v) is 11.8. The van der Waals surface area contributed by atoms with Gasteiger partial charge in [-0.1, -0.05) is 98.0 Å². The summed E-state index contributed by atoms with van der Waals surface area (Å²) in [5.41, 5.74) is 2.54. The van der Waals surface area contributed by atoms with E-state index in [1.54, 1.807) is 0 Å². The van der Waals surface area contributed by atoms with Crippen LogP contribution in [0.5, 0.6) is 0 Å². The first-order valence-electron chi connectivity index (χ1n) is 8.48. The van der Waals surface area contributed by atoms with E-state index in [0.29, 0.717) is 0 Å². The molecule has 0 atom stereocenters. The maximum atomic E-state index is 8.89. The SMILES string of the molecule is CC(=O)[O-].CC(C)(C)P(c1ccccc1-c1[c]cccc1)C(C)(C)C.[Pd]. The first-order valence-corrected chi connectivity index (χ1v) is 9.83. The van der Waals surface area contributed by atoms with Crippen molar-refractivity contribution in [2.75, 3.05) is 0 Å². The molecule has 4 heteroatoms. The van der Waals surface area contributed by atoms with Gasteiger partial charge in [0.05, 0.1) is 0 Å². The van der Waals surface area contributed by atoms with Crippen molar-refractivity contribution in [3.8, 4) is 11.1 Å². The van der Waals surface area contributed by atoms with Gasteiger partial charge in [0.15, 0.2) is 0 Å². The number of carboxylic acids is 1. The fraction of sp³-hybridized carbons (Fsp3) is 0.409. The molecule has 2 rings (SSSR count). The van der Waals surface area contributed by atoms with Crippen LogP contribution in [0.1, 0.15) is 48.5 Å². The second-order valence-electron chi connectivity index (χ2n) is 7.96. The van der Waals surface area contributed by atoms with E-state index in [1.807, 2.05) is 12.1 Å². The zero-order chi connectivity index (χ0) is 19.3. The van der Waals surface area contributed by atoms with Crippen molar-refractivity contribution in [2.45, 2.75) is 58.8 Å². The van der Waals surface area contributed by atoms with Gasteiger partial charge in [-0.15, -0.1) is 0 Å². The molecule has 0 aliphatic heterocycles. The van der Waals surface area contributed by atoms with Crippen molar-refractivity contribution in [3.05, 3.63) is 54.6 Å². The predicted molar refractivity (Wildman–Crippen MR) is 107 cm³/mol. The quantitative estimate of drug-likeness (QED) is 0.483. The minimum Gasteiger partial charge on any atom is -0.550 e. The minimum atomic E-state index is -1.08. The van der Waals surface area contributed by atoms with Crippen LogP contribution in [0.3, 0.4) is 0 Å². The Morgan fingerprint density at radius 2 is 1.38 bits per heavy atom. The van der Waals surface area contributed by atoms with Gasteiger partial charge in [-0.25, -0.2) is 0 Å². The van der Waals surface area contributed by atoms with Crippen LogP contribution in [0.2, 0.25) is 0 Å². The van der Waals surface area contributed by atoms with Crippen LogP contribution in [0, 0.1) is 6.07 Å². The van der Waals surface area contributed by atoms with Gasteiger partial charge in [-0.2, -0.15) is 0 Å². The number of rotatable bonds is 2. The number of hydrogen-bond donors (Lipinski definition) is 0. The molecule has 2 aromatic carbocycles. The summed E-state index contributed by atoms with van der Waals surface area (Å²) < 4.78 is 0. The minimum absolute atomic E-state index is 0. The molecule has 0 aromatic heterocycles. The number of carbonyl (C=O) groups excluding carboxylic acids is 1. The summed E-state index contributed by atoms with van der Waals surface area (Å²) in [6.45, 7) is 15.2. The zero-order valence-corrected chi connectivity index (χ0v) is 19.1. The summed E-state index contributed by atoms with van der Waals surface area (Å²) in [5.74, 6) is -1.08. The molecule has 0 bridgehead atoms. The summed E-state index contributed by atoms with van der Waals surface area (Å²) in [6.07, 6.45) is 0. The molecular weight excluding hydrogens is 434 g/mol. The molecule has 0 N–H and O–H groups in total. The van der Waals surface area contributed by atoms with Crippen LogP contribution >= 0.6 is 7.92 Å². The zero-order valence-electron chi connectivity index (χ0n) is 16.7. The van der Waals surface area contributed by atoms with Gasteiger partial charge < -0.3 is 9.90 Å². The molecular formula is C22H29O2PPd-. The third-order valence-corrected chi connectivity index (χ3v) is 7.04. The number of hydrogen-bond acceptors (Lipinski definition) is 2. The van der Waals surface area contributed by atoms with Crippen molar-refractivity contribution >= 4 is 19.2 Å². The van der Waals surface area contributed by atoms with Gasteiger partial charge in [0, 0.05) is 26.4 Å². The van der Waals surface area contributed by atoms with E-state index < -0.39 is 5.97 Å². The van der Waals surface area contributed by atoms with Crippen molar-refractivity contribution in [2.24, 2.45) is 0 Å². The third kappa shape index (κ3) is 7.71. The summed E-state index contributed by atoms with van der Waals surface area (Å²) in [7, 11) is -0.302. The van der Waals surface area contributed by atoms with Crippen molar-refractivity contribution in [3.63, 3.8) is 0 Å². The normalized spacial score (nSPS) is 11.2. The van der Waals surface area contributed by atoms with Crippen LogP contribution < -0.4 is 10.4 Å². The predicted octanol–water partition coefficient (Wildman–Crippen LogP) is 4.61. The Balaban J connectivity index is 0.00000113. The van der Waals surface area contributed by atoms with E-state index in [-0.39, 0.29) is 38.7 Å². The number of benzene rings is 2. The van der Waals surface area contributed by atoms with Crippen LogP contribution in [-0.2, 0) is 25.2 Å². The fourth-order valence-electron chi connectivity index (χ4n) is 3.19. The van der Waals surface area contributed by atoms with E-state index in [4.69, 9.17) is 9.90 Å². The summed E-state index contributed by atoms with van der Waals surface area (Å²) in [4.78, 5) is 8.89. The Morgan fingerprint density at radius 3 is 1.81 bits per heavy atom. The average molecular weight is 463 g/mol. The first kappa shape index (κ1) is 25.0. The monoisotopic (exact) mass is 462 g/mol. The molecule has 145 valence electrons. The van der Waals surface area contributed by atoms with E-state index in [0.717, 1.165) is 6.92 Å². The fourth-order valence-corrected chi connectivity index (χ4v) is 7.32. The van der Waals surface area contributed by atoms with Crippen LogP contribution in [0.4, 0.5) is 0 Å². The standard InChI is InChI=1S/C20H26P.C2H4O2.Pd/c1-19(2,3)21(20(4,5)6)18-15-11-10-14-17(18)16-12-8-7-9-13-16;1-2(3)4;/h7-12,14-15H,1-6H3;1H3,(H,3,4);/p-1. The van der Waals surface area contributed by atoms with Gasteiger partial charge in [0.1, 0.15) is 0 Å². The Hall–Kier alpha value is -0.998. The molecule has 2 nitrogen and oxygen atoms in total. The maximum Gasteiger partial charge on any atom is 0.0383 e. The van der Waals surface area contributed by atoms with Gasteiger partial charge in [0.2, 0.25) is 0 Å². The number of carbonyl (C=O) groups is 1. The third-order valence-electron chi connectivity index (χ3n) is 3.49. The maximum absolute atomic E-state index is 8.89. The second kappa shape index (κ2) is 10.4.